The molecule has 3 atom stereocenters. The topological polar surface area (TPSA) is 24.5 Å². The Balaban J connectivity index is 2.04. The largest absolute Gasteiger partial charge is 0.381 e. The smallest absolute Gasteiger partial charge is 0.0483 e. The highest BCUT2D eigenvalue weighted by atomic mass is 16.5. The average molecular weight is 254 g/mol. The van der Waals surface area contributed by atoms with E-state index in [4.69, 9.17) is 4.74 Å². The Morgan fingerprint density at radius 1 is 1.39 bits per heavy atom. The van der Waals surface area contributed by atoms with Gasteiger partial charge >= 0.3 is 0 Å². The van der Waals surface area contributed by atoms with E-state index in [0.29, 0.717) is 17.6 Å². The lowest BCUT2D eigenvalue weighted by molar-refractivity contribution is -0.0534. The third-order valence-corrected chi connectivity index (χ3v) is 5.20. The summed E-state index contributed by atoms with van der Waals surface area (Å²) in [6.45, 7) is 13.7. The average Bonchev–Trinajstić information content (AvgIpc) is 2.39. The van der Waals surface area contributed by atoms with Crippen molar-refractivity contribution in [1.29, 1.82) is 0 Å². The van der Waals surface area contributed by atoms with E-state index in [-0.39, 0.29) is 0 Å². The second-order valence-electron chi connectivity index (χ2n) is 6.51. The van der Waals surface area contributed by atoms with E-state index in [0.717, 1.165) is 25.7 Å². The molecule has 0 spiro atoms. The second kappa shape index (κ2) is 5.89. The highest BCUT2D eigenvalue weighted by molar-refractivity contribution is 4.97. The van der Waals surface area contributed by atoms with Gasteiger partial charge in [0, 0.05) is 43.9 Å². The van der Waals surface area contributed by atoms with E-state index in [1.807, 2.05) is 0 Å². The number of nitrogens with zero attached hydrogens (tertiary/aromatic N) is 1. The molecule has 0 radical (unpaired) electrons. The monoisotopic (exact) mass is 254 g/mol. The molecule has 2 aliphatic rings. The van der Waals surface area contributed by atoms with Crippen molar-refractivity contribution in [2.75, 3.05) is 26.3 Å². The molecule has 0 saturated carbocycles. The van der Waals surface area contributed by atoms with E-state index in [9.17, 15) is 0 Å². The van der Waals surface area contributed by atoms with Crippen LogP contribution in [0.2, 0.25) is 0 Å². The Morgan fingerprint density at radius 3 is 2.67 bits per heavy atom. The first-order valence-corrected chi connectivity index (χ1v) is 7.64. The second-order valence-corrected chi connectivity index (χ2v) is 6.51. The van der Waals surface area contributed by atoms with Crippen molar-refractivity contribution >= 4 is 0 Å². The summed E-state index contributed by atoms with van der Waals surface area (Å²) in [5, 5.41) is 3.73. The minimum absolute atomic E-state index is 0.353. The third-order valence-electron chi connectivity index (χ3n) is 5.20. The van der Waals surface area contributed by atoms with Crippen LogP contribution < -0.4 is 5.32 Å². The van der Waals surface area contributed by atoms with Gasteiger partial charge in [-0.15, -0.1) is 0 Å². The van der Waals surface area contributed by atoms with Gasteiger partial charge in [-0.1, -0.05) is 20.3 Å². The number of ether oxygens (including phenoxy) is 1. The summed E-state index contributed by atoms with van der Waals surface area (Å²) < 4.78 is 5.54. The molecule has 0 aromatic rings. The number of hydrogen-bond donors (Lipinski definition) is 1. The summed E-state index contributed by atoms with van der Waals surface area (Å²) in [6.07, 6.45) is 3.63. The van der Waals surface area contributed by atoms with Gasteiger partial charge in [-0.3, -0.25) is 4.90 Å². The quantitative estimate of drug-likeness (QED) is 0.836. The molecule has 0 amide bonds. The van der Waals surface area contributed by atoms with E-state index in [1.165, 1.54) is 25.8 Å². The van der Waals surface area contributed by atoms with E-state index in [2.05, 4.69) is 37.9 Å². The first-order valence-electron chi connectivity index (χ1n) is 7.64. The first kappa shape index (κ1) is 14.3. The van der Waals surface area contributed by atoms with Crippen LogP contribution in [0.25, 0.3) is 0 Å². The Morgan fingerprint density at radius 2 is 2.06 bits per heavy atom. The Kier molecular flexibility index (Phi) is 4.68. The number of piperazine rings is 1. The van der Waals surface area contributed by atoms with Gasteiger partial charge in [-0.2, -0.15) is 0 Å². The Bertz CT molecular complexity index is 263. The zero-order valence-electron chi connectivity index (χ0n) is 12.5. The summed E-state index contributed by atoms with van der Waals surface area (Å²) >= 11 is 0. The molecule has 106 valence electrons. The van der Waals surface area contributed by atoms with Crippen molar-refractivity contribution in [2.24, 2.45) is 5.92 Å². The van der Waals surface area contributed by atoms with Crippen LogP contribution in [0.1, 0.15) is 47.0 Å². The Hall–Kier alpha value is -0.120. The van der Waals surface area contributed by atoms with E-state index in [1.54, 1.807) is 0 Å². The predicted octanol–water partition coefficient (Wildman–Crippen LogP) is 2.26. The molecule has 0 aromatic heterocycles. The van der Waals surface area contributed by atoms with Gasteiger partial charge < -0.3 is 10.1 Å². The van der Waals surface area contributed by atoms with Gasteiger partial charge in [-0.25, -0.2) is 0 Å². The third kappa shape index (κ3) is 2.89. The molecule has 0 aromatic carbocycles. The zero-order chi connectivity index (χ0) is 13.2. The van der Waals surface area contributed by atoms with Crippen LogP contribution in [-0.4, -0.2) is 48.8 Å². The highest BCUT2D eigenvalue weighted by Gasteiger charge is 2.40. The Labute approximate surface area is 112 Å². The molecule has 0 aliphatic carbocycles. The number of nitrogens with one attached hydrogen (secondary N) is 1. The molecule has 2 heterocycles. The van der Waals surface area contributed by atoms with Crippen molar-refractivity contribution in [1.82, 2.24) is 10.2 Å². The maximum atomic E-state index is 5.54. The molecule has 3 unspecified atom stereocenters. The van der Waals surface area contributed by atoms with Crippen LogP contribution in [0.3, 0.4) is 0 Å². The van der Waals surface area contributed by atoms with Gasteiger partial charge in [0.25, 0.3) is 0 Å². The zero-order valence-corrected chi connectivity index (χ0v) is 12.5. The first-order chi connectivity index (χ1) is 8.57. The predicted molar refractivity (Wildman–Crippen MR) is 75.9 cm³/mol. The fraction of sp³-hybridized carbons (Fsp3) is 1.00. The molecule has 1 N–H and O–H groups in total. The lowest BCUT2D eigenvalue weighted by atomic mass is 9.85. The molecule has 2 fully saturated rings. The van der Waals surface area contributed by atoms with Crippen LogP contribution in [0.4, 0.5) is 0 Å². The summed E-state index contributed by atoms with van der Waals surface area (Å²) in [4.78, 5) is 2.75. The minimum atomic E-state index is 0.353. The minimum Gasteiger partial charge on any atom is -0.381 e. The fourth-order valence-electron chi connectivity index (χ4n) is 3.40. The van der Waals surface area contributed by atoms with Crippen molar-refractivity contribution < 1.29 is 4.74 Å². The van der Waals surface area contributed by atoms with E-state index < -0.39 is 0 Å². The van der Waals surface area contributed by atoms with Crippen LogP contribution in [0.15, 0.2) is 0 Å². The number of rotatable bonds is 3. The molecule has 3 heteroatoms. The van der Waals surface area contributed by atoms with Crippen LogP contribution in [-0.2, 0) is 4.74 Å². The van der Waals surface area contributed by atoms with Crippen molar-refractivity contribution in [3.05, 3.63) is 0 Å². The summed E-state index contributed by atoms with van der Waals surface area (Å²) in [7, 11) is 0. The lowest BCUT2D eigenvalue weighted by Crippen LogP contribution is -2.64. The molecule has 2 saturated heterocycles. The molecule has 0 bridgehead atoms. The standard InChI is InChI=1S/C15H30N2O/c1-5-12(2)14-11-17(13(3)10-16-14)15(4)6-8-18-9-7-15/h12-14,16H,5-11H2,1-4H3. The van der Waals surface area contributed by atoms with Gasteiger partial charge in [0.15, 0.2) is 0 Å². The highest BCUT2D eigenvalue weighted by Crippen LogP contribution is 2.31. The summed E-state index contributed by atoms with van der Waals surface area (Å²) in [5.74, 6) is 0.767. The molecule has 3 nitrogen and oxygen atoms in total. The summed E-state index contributed by atoms with van der Waals surface area (Å²) in [5.41, 5.74) is 0.353. The number of hydrogen-bond acceptors (Lipinski definition) is 3. The molecule has 2 aliphatic heterocycles. The van der Waals surface area contributed by atoms with Crippen LogP contribution >= 0.6 is 0 Å². The van der Waals surface area contributed by atoms with Gasteiger partial charge in [-0.05, 0) is 32.6 Å². The maximum Gasteiger partial charge on any atom is 0.0483 e. The summed E-state index contributed by atoms with van der Waals surface area (Å²) in [6, 6.07) is 1.30. The molecule has 2 rings (SSSR count). The van der Waals surface area contributed by atoms with Crippen molar-refractivity contribution in [3.8, 4) is 0 Å². The molecular weight excluding hydrogens is 224 g/mol. The van der Waals surface area contributed by atoms with Crippen LogP contribution in [0, 0.1) is 5.92 Å². The van der Waals surface area contributed by atoms with Crippen molar-refractivity contribution in [2.45, 2.75) is 64.6 Å². The van der Waals surface area contributed by atoms with E-state index >= 15 is 0 Å². The van der Waals surface area contributed by atoms with Crippen LogP contribution in [0.5, 0.6) is 0 Å². The lowest BCUT2D eigenvalue weighted by Gasteiger charge is -2.52. The van der Waals surface area contributed by atoms with Crippen molar-refractivity contribution in [3.63, 3.8) is 0 Å². The fourth-order valence-corrected chi connectivity index (χ4v) is 3.40. The maximum absolute atomic E-state index is 5.54. The molecular formula is C15H30N2O. The van der Waals surface area contributed by atoms with Gasteiger partial charge in [0.1, 0.15) is 0 Å². The molecule has 18 heavy (non-hydrogen) atoms. The SMILES string of the molecule is CCC(C)C1CN(C2(C)CCOCC2)C(C)CN1. The van der Waals surface area contributed by atoms with Gasteiger partial charge in [0.2, 0.25) is 0 Å². The normalized spacial score (nSPS) is 35.3. The van der Waals surface area contributed by atoms with Gasteiger partial charge in [0.05, 0.1) is 0 Å².